The van der Waals surface area contributed by atoms with E-state index in [2.05, 4.69) is 10.3 Å². The van der Waals surface area contributed by atoms with Gasteiger partial charge in [0.1, 0.15) is 0 Å². The van der Waals surface area contributed by atoms with E-state index in [1.165, 1.54) is 6.20 Å². The van der Waals surface area contributed by atoms with Crippen molar-refractivity contribution in [2.75, 3.05) is 19.7 Å². The van der Waals surface area contributed by atoms with Gasteiger partial charge in [0.05, 0.1) is 18.2 Å². The molecule has 2 fully saturated rings. The van der Waals surface area contributed by atoms with Gasteiger partial charge in [-0.05, 0) is 25.8 Å². The van der Waals surface area contributed by atoms with Gasteiger partial charge in [-0.25, -0.2) is 4.98 Å². The summed E-state index contributed by atoms with van der Waals surface area (Å²) in [5.41, 5.74) is 0.548. The summed E-state index contributed by atoms with van der Waals surface area (Å²) >= 11 is 0. The highest BCUT2D eigenvalue weighted by atomic mass is 16.5. The van der Waals surface area contributed by atoms with Gasteiger partial charge in [-0.3, -0.25) is 9.59 Å². The van der Waals surface area contributed by atoms with E-state index < -0.39 is 0 Å². The van der Waals surface area contributed by atoms with Crippen LogP contribution in [0.2, 0.25) is 0 Å². The molecule has 2 heterocycles. The summed E-state index contributed by atoms with van der Waals surface area (Å²) in [6, 6.07) is 3.51. The summed E-state index contributed by atoms with van der Waals surface area (Å²) in [7, 11) is 0. The Morgan fingerprint density at radius 1 is 1.36 bits per heavy atom. The molecule has 1 aromatic heterocycles. The Bertz CT molecular complexity index is 548. The monoisotopic (exact) mass is 303 g/mol. The number of carbonyl (C=O) groups is 2. The van der Waals surface area contributed by atoms with Gasteiger partial charge in [-0.15, -0.1) is 0 Å². The molecule has 22 heavy (non-hydrogen) atoms. The lowest BCUT2D eigenvalue weighted by molar-refractivity contribution is -0.129. The van der Waals surface area contributed by atoms with Crippen LogP contribution in [0.4, 0.5) is 0 Å². The molecule has 0 radical (unpaired) electrons. The molecular weight excluding hydrogens is 282 g/mol. The fourth-order valence-corrected chi connectivity index (χ4v) is 2.65. The predicted molar refractivity (Wildman–Crippen MR) is 80.6 cm³/mol. The lowest BCUT2D eigenvalue weighted by atomic mass is 9.84. The zero-order valence-corrected chi connectivity index (χ0v) is 12.7. The van der Waals surface area contributed by atoms with E-state index in [1.54, 1.807) is 17.0 Å². The maximum Gasteiger partial charge on any atom is 0.255 e. The van der Waals surface area contributed by atoms with Crippen LogP contribution in [0.25, 0.3) is 0 Å². The number of hydrogen-bond donors (Lipinski definition) is 1. The second-order valence-corrected chi connectivity index (χ2v) is 5.86. The van der Waals surface area contributed by atoms with E-state index in [1.807, 2.05) is 6.92 Å². The number of pyridine rings is 1. The third kappa shape index (κ3) is 3.05. The maximum atomic E-state index is 12.3. The van der Waals surface area contributed by atoms with Crippen LogP contribution in [0.5, 0.6) is 5.88 Å². The molecule has 2 amide bonds. The van der Waals surface area contributed by atoms with Crippen LogP contribution < -0.4 is 10.1 Å². The first-order valence-electron chi connectivity index (χ1n) is 7.86. The first kappa shape index (κ1) is 14.8. The van der Waals surface area contributed by atoms with Gasteiger partial charge in [-0.1, -0.05) is 6.42 Å². The van der Waals surface area contributed by atoms with Gasteiger partial charge in [0.2, 0.25) is 11.8 Å². The van der Waals surface area contributed by atoms with E-state index in [0.717, 1.165) is 19.3 Å². The summed E-state index contributed by atoms with van der Waals surface area (Å²) in [4.78, 5) is 29.9. The Kier molecular flexibility index (Phi) is 4.27. The SMILES string of the molecule is CCOc1ccc(C(=O)N2CC(NC(=O)C3CCC3)C2)cn1. The molecule has 6 nitrogen and oxygen atoms in total. The molecule has 0 bridgehead atoms. The van der Waals surface area contributed by atoms with Crippen molar-refractivity contribution in [1.29, 1.82) is 0 Å². The van der Waals surface area contributed by atoms with E-state index in [0.29, 0.717) is 31.1 Å². The number of carbonyl (C=O) groups excluding carboxylic acids is 2. The van der Waals surface area contributed by atoms with E-state index in [9.17, 15) is 9.59 Å². The number of likely N-dealkylation sites (tertiary alicyclic amines) is 1. The summed E-state index contributed by atoms with van der Waals surface area (Å²) in [5.74, 6) is 0.809. The molecule has 0 atom stereocenters. The normalized spacial score (nSPS) is 18.3. The summed E-state index contributed by atoms with van der Waals surface area (Å²) in [6.45, 7) is 3.59. The average molecular weight is 303 g/mol. The van der Waals surface area contributed by atoms with Crippen molar-refractivity contribution >= 4 is 11.8 Å². The first-order chi connectivity index (χ1) is 10.7. The van der Waals surface area contributed by atoms with E-state index in [4.69, 9.17) is 4.74 Å². The Hall–Kier alpha value is -2.11. The molecule has 1 aliphatic heterocycles. The molecule has 1 aromatic rings. The lowest BCUT2D eigenvalue weighted by Crippen LogP contribution is -2.61. The van der Waals surface area contributed by atoms with Crippen molar-refractivity contribution in [1.82, 2.24) is 15.2 Å². The molecule has 118 valence electrons. The highest BCUT2D eigenvalue weighted by Crippen LogP contribution is 2.26. The standard InChI is InChI=1S/C16H21N3O3/c1-2-22-14-7-6-12(8-17-14)16(21)19-9-13(10-19)18-15(20)11-4-3-5-11/h6-8,11,13H,2-5,9-10H2,1H3,(H,18,20). The molecule has 2 aliphatic rings. The van der Waals surface area contributed by atoms with Crippen LogP contribution in [-0.4, -0.2) is 47.4 Å². The minimum atomic E-state index is -0.0512. The van der Waals surface area contributed by atoms with Crippen LogP contribution in [0.1, 0.15) is 36.5 Å². The fraction of sp³-hybridized carbons (Fsp3) is 0.562. The molecule has 1 N–H and O–H groups in total. The highest BCUT2D eigenvalue weighted by Gasteiger charge is 2.34. The van der Waals surface area contributed by atoms with Crippen molar-refractivity contribution in [3.8, 4) is 5.88 Å². The van der Waals surface area contributed by atoms with Crippen molar-refractivity contribution in [3.05, 3.63) is 23.9 Å². The number of nitrogens with one attached hydrogen (secondary N) is 1. The van der Waals surface area contributed by atoms with Gasteiger partial charge < -0.3 is 15.0 Å². The Morgan fingerprint density at radius 2 is 2.14 bits per heavy atom. The minimum absolute atomic E-state index is 0.0512. The number of ether oxygens (including phenoxy) is 1. The largest absolute Gasteiger partial charge is 0.478 e. The van der Waals surface area contributed by atoms with Crippen LogP contribution in [0.15, 0.2) is 18.3 Å². The third-order valence-electron chi connectivity index (χ3n) is 4.27. The van der Waals surface area contributed by atoms with Gasteiger partial charge in [-0.2, -0.15) is 0 Å². The quantitative estimate of drug-likeness (QED) is 0.888. The van der Waals surface area contributed by atoms with Crippen LogP contribution in [-0.2, 0) is 4.79 Å². The number of nitrogens with zero attached hydrogens (tertiary/aromatic N) is 2. The Balaban J connectivity index is 1.47. The first-order valence-corrected chi connectivity index (χ1v) is 7.86. The van der Waals surface area contributed by atoms with Crippen molar-refractivity contribution in [2.24, 2.45) is 5.92 Å². The molecule has 1 saturated heterocycles. The maximum absolute atomic E-state index is 12.3. The Morgan fingerprint density at radius 3 is 2.68 bits per heavy atom. The molecule has 1 saturated carbocycles. The third-order valence-corrected chi connectivity index (χ3v) is 4.27. The molecular formula is C16H21N3O3. The van der Waals surface area contributed by atoms with E-state index in [-0.39, 0.29) is 23.8 Å². The Labute approximate surface area is 129 Å². The topological polar surface area (TPSA) is 71.5 Å². The molecule has 6 heteroatoms. The second kappa shape index (κ2) is 6.34. The molecule has 3 rings (SSSR count). The number of rotatable bonds is 5. The van der Waals surface area contributed by atoms with E-state index >= 15 is 0 Å². The van der Waals surface area contributed by atoms with Gasteiger partial charge in [0.25, 0.3) is 5.91 Å². The zero-order chi connectivity index (χ0) is 15.5. The summed E-state index contributed by atoms with van der Waals surface area (Å²) < 4.78 is 5.26. The minimum Gasteiger partial charge on any atom is -0.478 e. The van der Waals surface area contributed by atoms with Crippen molar-refractivity contribution < 1.29 is 14.3 Å². The van der Waals surface area contributed by atoms with Crippen molar-refractivity contribution in [2.45, 2.75) is 32.2 Å². The van der Waals surface area contributed by atoms with Gasteiger partial charge >= 0.3 is 0 Å². The predicted octanol–water partition coefficient (Wildman–Crippen LogP) is 1.22. The van der Waals surface area contributed by atoms with Crippen LogP contribution in [0, 0.1) is 5.92 Å². The lowest BCUT2D eigenvalue weighted by Gasteiger charge is -2.40. The molecule has 0 unspecified atom stereocenters. The molecule has 0 aromatic carbocycles. The van der Waals surface area contributed by atoms with Gasteiger partial charge in [0.15, 0.2) is 0 Å². The summed E-state index contributed by atoms with van der Waals surface area (Å²) in [5, 5.41) is 3.01. The van der Waals surface area contributed by atoms with Crippen LogP contribution >= 0.6 is 0 Å². The summed E-state index contributed by atoms with van der Waals surface area (Å²) in [6.07, 6.45) is 4.68. The number of hydrogen-bond acceptors (Lipinski definition) is 4. The smallest absolute Gasteiger partial charge is 0.255 e. The molecule has 1 aliphatic carbocycles. The highest BCUT2D eigenvalue weighted by molar-refractivity contribution is 5.94. The fourth-order valence-electron chi connectivity index (χ4n) is 2.65. The average Bonchev–Trinajstić information content (AvgIpc) is 2.41. The number of amides is 2. The van der Waals surface area contributed by atoms with Gasteiger partial charge in [0, 0.05) is 31.3 Å². The molecule has 0 spiro atoms. The zero-order valence-electron chi connectivity index (χ0n) is 12.7. The van der Waals surface area contributed by atoms with Crippen LogP contribution in [0.3, 0.4) is 0 Å². The second-order valence-electron chi connectivity index (χ2n) is 5.86. The number of aromatic nitrogens is 1. The van der Waals surface area contributed by atoms with Crippen molar-refractivity contribution in [3.63, 3.8) is 0 Å².